The summed E-state index contributed by atoms with van der Waals surface area (Å²) in [7, 11) is 0. The molecule has 1 aliphatic heterocycles. The second kappa shape index (κ2) is 6.15. The Morgan fingerprint density at radius 2 is 2.35 bits per heavy atom. The molecule has 2 aromatic heterocycles. The number of hydrogen-bond donors (Lipinski definition) is 1. The average molecular weight is 272 g/mol. The molecule has 0 radical (unpaired) electrons. The molecule has 5 heteroatoms. The minimum absolute atomic E-state index is 0.00824. The van der Waals surface area contributed by atoms with Crippen LogP contribution in [0.3, 0.4) is 0 Å². The van der Waals surface area contributed by atoms with Crippen molar-refractivity contribution in [3.8, 4) is 0 Å². The van der Waals surface area contributed by atoms with E-state index in [9.17, 15) is 0 Å². The summed E-state index contributed by atoms with van der Waals surface area (Å²) in [6, 6.07) is 4.06. The van der Waals surface area contributed by atoms with Gasteiger partial charge in [-0.2, -0.15) is 0 Å². The number of nitrogens with zero attached hydrogens (tertiary/aromatic N) is 3. The molecule has 0 spiro atoms. The third kappa shape index (κ3) is 2.89. The van der Waals surface area contributed by atoms with E-state index in [-0.39, 0.29) is 6.04 Å². The largest absolute Gasteiger partial charge is 0.381 e. The van der Waals surface area contributed by atoms with Gasteiger partial charge in [0.25, 0.3) is 0 Å². The van der Waals surface area contributed by atoms with Crippen LogP contribution in [-0.4, -0.2) is 27.7 Å². The third-order valence-electron chi connectivity index (χ3n) is 3.92. The summed E-state index contributed by atoms with van der Waals surface area (Å²) >= 11 is 0. The fraction of sp³-hybridized carbons (Fsp3) is 0.467. The molecule has 2 unspecified atom stereocenters. The molecule has 106 valence electrons. The van der Waals surface area contributed by atoms with Crippen molar-refractivity contribution in [1.29, 1.82) is 0 Å². The van der Waals surface area contributed by atoms with Crippen molar-refractivity contribution in [1.82, 2.24) is 14.5 Å². The van der Waals surface area contributed by atoms with Gasteiger partial charge in [0, 0.05) is 37.7 Å². The van der Waals surface area contributed by atoms with Crippen LogP contribution in [0.5, 0.6) is 0 Å². The summed E-state index contributed by atoms with van der Waals surface area (Å²) in [6.07, 6.45) is 9.41. The number of aryl methyl sites for hydroxylation is 2. The van der Waals surface area contributed by atoms with Crippen molar-refractivity contribution in [3.63, 3.8) is 0 Å². The molecule has 1 fully saturated rings. The Morgan fingerprint density at radius 1 is 1.40 bits per heavy atom. The lowest BCUT2D eigenvalue weighted by atomic mass is 9.97. The molecule has 2 aromatic rings. The van der Waals surface area contributed by atoms with E-state index in [1.165, 1.54) is 5.56 Å². The first-order valence-electron chi connectivity index (χ1n) is 7.07. The molecule has 1 saturated heterocycles. The smallest absolute Gasteiger partial charge is 0.0948 e. The van der Waals surface area contributed by atoms with Gasteiger partial charge in [-0.25, -0.2) is 4.98 Å². The van der Waals surface area contributed by atoms with Crippen LogP contribution in [0.4, 0.5) is 0 Å². The fourth-order valence-electron chi connectivity index (χ4n) is 2.67. The van der Waals surface area contributed by atoms with Gasteiger partial charge in [-0.1, -0.05) is 6.07 Å². The van der Waals surface area contributed by atoms with Gasteiger partial charge in [0.05, 0.1) is 24.7 Å². The van der Waals surface area contributed by atoms with Crippen LogP contribution in [-0.2, 0) is 17.7 Å². The van der Waals surface area contributed by atoms with Crippen LogP contribution < -0.4 is 5.73 Å². The minimum atomic E-state index is 0.00824. The third-order valence-corrected chi connectivity index (χ3v) is 3.92. The molecule has 0 saturated carbocycles. The van der Waals surface area contributed by atoms with Crippen molar-refractivity contribution >= 4 is 0 Å². The molecule has 5 nitrogen and oxygen atoms in total. The van der Waals surface area contributed by atoms with Gasteiger partial charge in [0.2, 0.25) is 0 Å². The molecule has 0 bridgehead atoms. The van der Waals surface area contributed by atoms with E-state index >= 15 is 0 Å². The normalized spacial score (nSPS) is 20.1. The number of rotatable bonds is 5. The van der Waals surface area contributed by atoms with Gasteiger partial charge < -0.3 is 15.0 Å². The number of imidazole rings is 1. The van der Waals surface area contributed by atoms with Gasteiger partial charge >= 0.3 is 0 Å². The summed E-state index contributed by atoms with van der Waals surface area (Å²) in [4.78, 5) is 8.39. The van der Waals surface area contributed by atoms with Crippen LogP contribution in [0, 0.1) is 5.92 Å². The molecule has 0 aromatic carbocycles. The molecule has 2 atom stereocenters. The first kappa shape index (κ1) is 13.3. The van der Waals surface area contributed by atoms with Crippen molar-refractivity contribution in [2.45, 2.75) is 25.4 Å². The number of pyridine rings is 1. The first-order valence-corrected chi connectivity index (χ1v) is 7.07. The number of ether oxygens (including phenoxy) is 1. The lowest BCUT2D eigenvalue weighted by Gasteiger charge is -2.19. The van der Waals surface area contributed by atoms with Crippen molar-refractivity contribution < 1.29 is 4.74 Å². The molecule has 20 heavy (non-hydrogen) atoms. The Hall–Kier alpha value is -1.72. The van der Waals surface area contributed by atoms with Crippen molar-refractivity contribution in [2.24, 2.45) is 11.7 Å². The van der Waals surface area contributed by atoms with E-state index in [1.807, 2.05) is 24.8 Å². The summed E-state index contributed by atoms with van der Waals surface area (Å²) in [6.45, 7) is 2.46. The maximum absolute atomic E-state index is 6.36. The van der Waals surface area contributed by atoms with E-state index in [0.29, 0.717) is 5.92 Å². The molecule has 0 aliphatic carbocycles. The van der Waals surface area contributed by atoms with E-state index in [2.05, 4.69) is 20.6 Å². The molecular weight excluding hydrogens is 252 g/mol. The van der Waals surface area contributed by atoms with Gasteiger partial charge in [-0.15, -0.1) is 0 Å². The predicted molar refractivity (Wildman–Crippen MR) is 76.0 cm³/mol. The fourth-order valence-corrected chi connectivity index (χ4v) is 2.67. The SMILES string of the molecule is NC(c1cncn1CCc1cccnc1)C1CCOC1. The second-order valence-electron chi connectivity index (χ2n) is 5.27. The summed E-state index contributed by atoms with van der Waals surface area (Å²) < 4.78 is 7.58. The maximum atomic E-state index is 6.36. The highest BCUT2D eigenvalue weighted by Gasteiger charge is 2.26. The number of aromatic nitrogens is 3. The Bertz CT molecular complexity index is 534. The van der Waals surface area contributed by atoms with Gasteiger partial charge in [-0.3, -0.25) is 4.98 Å². The summed E-state index contributed by atoms with van der Waals surface area (Å²) in [5.41, 5.74) is 8.69. The summed E-state index contributed by atoms with van der Waals surface area (Å²) in [5, 5.41) is 0. The van der Waals surface area contributed by atoms with Crippen LogP contribution in [0.25, 0.3) is 0 Å². The average Bonchev–Trinajstić information content (AvgIpc) is 3.17. The van der Waals surface area contributed by atoms with Crippen molar-refractivity contribution in [3.05, 3.63) is 48.3 Å². The van der Waals surface area contributed by atoms with Crippen LogP contribution in [0.1, 0.15) is 23.7 Å². The lowest BCUT2D eigenvalue weighted by molar-refractivity contribution is 0.180. The Morgan fingerprint density at radius 3 is 3.10 bits per heavy atom. The standard InChI is InChI=1S/C15H20N4O/c16-15(13-4-7-20-10-13)14-9-18-11-19(14)6-3-12-2-1-5-17-8-12/h1-2,5,8-9,11,13,15H,3-4,6-7,10,16H2. The predicted octanol–water partition coefficient (Wildman–Crippen LogP) is 1.56. The molecule has 3 heterocycles. The van der Waals surface area contributed by atoms with E-state index in [0.717, 1.165) is 38.3 Å². The minimum Gasteiger partial charge on any atom is -0.381 e. The molecule has 0 amide bonds. The number of hydrogen-bond acceptors (Lipinski definition) is 4. The molecule has 2 N–H and O–H groups in total. The zero-order valence-corrected chi connectivity index (χ0v) is 11.5. The van der Waals surface area contributed by atoms with Gasteiger partial charge in [0.15, 0.2) is 0 Å². The molecular formula is C15H20N4O. The zero-order valence-electron chi connectivity index (χ0n) is 11.5. The topological polar surface area (TPSA) is 66.0 Å². The van der Waals surface area contributed by atoms with Gasteiger partial charge in [0.1, 0.15) is 0 Å². The maximum Gasteiger partial charge on any atom is 0.0948 e. The van der Waals surface area contributed by atoms with E-state index < -0.39 is 0 Å². The summed E-state index contributed by atoms with van der Waals surface area (Å²) in [5.74, 6) is 0.406. The van der Waals surface area contributed by atoms with E-state index in [4.69, 9.17) is 10.5 Å². The molecule has 3 rings (SSSR count). The van der Waals surface area contributed by atoms with Crippen molar-refractivity contribution in [2.75, 3.05) is 13.2 Å². The highest BCUT2D eigenvalue weighted by atomic mass is 16.5. The Kier molecular flexibility index (Phi) is 4.08. The number of nitrogens with two attached hydrogens (primary N) is 1. The van der Waals surface area contributed by atoms with E-state index in [1.54, 1.807) is 6.20 Å². The Balaban J connectivity index is 1.67. The highest BCUT2D eigenvalue weighted by Crippen LogP contribution is 2.26. The Labute approximate surface area is 118 Å². The van der Waals surface area contributed by atoms with Crippen LogP contribution in [0.15, 0.2) is 37.1 Å². The van der Waals surface area contributed by atoms with Crippen LogP contribution >= 0.6 is 0 Å². The first-order chi connectivity index (χ1) is 9.84. The quantitative estimate of drug-likeness (QED) is 0.897. The van der Waals surface area contributed by atoms with Gasteiger partial charge in [-0.05, 0) is 24.5 Å². The zero-order chi connectivity index (χ0) is 13.8. The second-order valence-corrected chi connectivity index (χ2v) is 5.27. The van der Waals surface area contributed by atoms with Crippen LogP contribution in [0.2, 0.25) is 0 Å². The molecule has 1 aliphatic rings. The highest BCUT2D eigenvalue weighted by molar-refractivity contribution is 5.11. The lowest BCUT2D eigenvalue weighted by Crippen LogP contribution is -2.24. The monoisotopic (exact) mass is 272 g/mol.